The van der Waals surface area contributed by atoms with Crippen LogP contribution in [0.3, 0.4) is 0 Å². The van der Waals surface area contributed by atoms with Crippen molar-refractivity contribution in [2.75, 3.05) is 0 Å². The number of aromatic amines is 1. The molecule has 0 aliphatic heterocycles. The van der Waals surface area contributed by atoms with Crippen molar-refractivity contribution in [3.63, 3.8) is 0 Å². The summed E-state index contributed by atoms with van der Waals surface area (Å²) in [6, 6.07) is -0.945. The number of carboxylic acid groups (broad SMARTS) is 1. The largest absolute Gasteiger partial charge is 0.480 e. The summed E-state index contributed by atoms with van der Waals surface area (Å²) in [5.74, 6) is -1.77. The van der Waals surface area contributed by atoms with Gasteiger partial charge in [0.15, 0.2) is 0 Å². The Morgan fingerprint density at radius 1 is 1.50 bits per heavy atom. The first-order chi connectivity index (χ1) is 8.36. The predicted octanol–water partition coefficient (Wildman–Crippen LogP) is 0.974. The maximum absolute atomic E-state index is 11.9. The Hall–Kier alpha value is -1.63. The Labute approximate surface area is 108 Å². The van der Waals surface area contributed by atoms with Crippen molar-refractivity contribution in [2.24, 2.45) is 5.92 Å². The van der Waals surface area contributed by atoms with Crippen LogP contribution < -0.4 is 10.2 Å². The van der Waals surface area contributed by atoms with Gasteiger partial charge in [-0.1, -0.05) is 31.6 Å². The molecule has 2 unspecified atom stereocenters. The lowest BCUT2D eigenvalue weighted by molar-refractivity contribution is -0.140. The van der Waals surface area contributed by atoms with Crippen LogP contribution >= 0.6 is 11.3 Å². The zero-order chi connectivity index (χ0) is 13.9. The highest BCUT2D eigenvalue weighted by molar-refractivity contribution is 7.11. The molecule has 0 spiro atoms. The van der Waals surface area contributed by atoms with Gasteiger partial charge in [0.2, 0.25) is 0 Å². The maximum Gasteiger partial charge on any atom is 0.326 e. The van der Waals surface area contributed by atoms with Crippen LogP contribution in [0.25, 0.3) is 0 Å². The van der Waals surface area contributed by atoms with Crippen LogP contribution in [0.2, 0.25) is 0 Å². The summed E-state index contributed by atoms with van der Waals surface area (Å²) in [4.78, 5) is 36.5. The highest BCUT2D eigenvalue weighted by atomic mass is 32.1. The van der Waals surface area contributed by atoms with E-state index < -0.39 is 17.9 Å². The van der Waals surface area contributed by atoms with Crippen LogP contribution in [-0.2, 0) is 4.79 Å². The fourth-order valence-corrected chi connectivity index (χ4v) is 2.26. The minimum absolute atomic E-state index is 0.178. The van der Waals surface area contributed by atoms with E-state index in [9.17, 15) is 14.4 Å². The van der Waals surface area contributed by atoms with Crippen molar-refractivity contribution < 1.29 is 14.7 Å². The summed E-state index contributed by atoms with van der Waals surface area (Å²) < 4.78 is 0. The quantitative estimate of drug-likeness (QED) is 0.743. The molecule has 0 radical (unpaired) electrons. The Morgan fingerprint density at radius 2 is 2.11 bits per heavy atom. The fourth-order valence-electron chi connectivity index (χ4n) is 1.51. The van der Waals surface area contributed by atoms with Gasteiger partial charge >= 0.3 is 10.8 Å². The van der Waals surface area contributed by atoms with Crippen molar-refractivity contribution in [3.8, 4) is 0 Å². The van der Waals surface area contributed by atoms with Crippen molar-refractivity contribution in [1.29, 1.82) is 0 Å². The minimum Gasteiger partial charge on any atom is -0.480 e. The fraction of sp³-hybridized carbons (Fsp3) is 0.545. The van der Waals surface area contributed by atoms with E-state index in [1.54, 1.807) is 13.8 Å². The molecule has 3 N–H and O–H groups in total. The second-order valence-corrected chi connectivity index (χ2v) is 5.13. The van der Waals surface area contributed by atoms with Crippen LogP contribution in [0.15, 0.2) is 4.79 Å². The molecule has 18 heavy (non-hydrogen) atoms. The molecule has 100 valence electrons. The average Bonchev–Trinajstić information content (AvgIpc) is 2.63. The third kappa shape index (κ3) is 3.19. The molecule has 0 bridgehead atoms. The van der Waals surface area contributed by atoms with Crippen molar-refractivity contribution in [1.82, 2.24) is 10.3 Å². The molecule has 0 aliphatic rings. The Morgan fingerprint density at radius 3 is 2.50 bits per heavy atom. The molecular formula is C11H16N2O4S. The Bertz CT molecular complexity index is 505. The Kier molecular flexibility index (Phi) is 4.66. The molecule has 2 atom stereocenters. The van der Waals surface area contributed by atoms with Gasteiger partial charge in [-0.15, -0.1) is 0 Å². The van der Waals surface area contributed by atoms with E-state index in [1.807, 2.05) is 6.92 Å². The summed E-state index contributed by atoms with van der Waals surface area (Å²) in [7, 11) is 0. The summed E-state index contributed by atoms with van der Waals surface area (Å²) in [6.07, 6.45) is 0.638. The van der Waals surface area contributed by atoms with Gasteiger partial charge in [0.1, 0.15) is 10.9 Å². The molecule has 7 heteroatoms. The standard InChI is InChI=1S/C11H16N2O4S/c1-4-5(2)7(10(15)16)13-9(14)8-6(3)12-11(17)18-8/h5,7H,4H2,1-3H3,(H,12,17)(H,13,14)(H,15,16). The van der Waals surface area contributed by atoms with Crippen molar-refractivity contribution in [3.05, 3.63) is 20.2 Å². The number of H-pyrrole nitrogens is 1. The molecule has 1 amide bonds. The van der Waals surface area contributed by atoms with E-state index >= 15 is 0 Å². The lowest BCUT2D eigenvalue weighted by Crippen LogP contribution is -2.44. The number of aromatic nitrogens is 1. The lowest BCUT2D eigenvalue weighted by atomic mass is 9.99. The van der Waals surface area contributed by atoms with Crippen molar-refractivity contribution >= 4 is 23.2 Å². The highest BCUT2D eigenvalue weighted by Gasteiger charge is 2.27. The van der Waals surface area contributed by atoms with Crippen LogP contribution in [0.5, 0.6) is 0 Å². The number of nitrogens with one attached hydrogen (secondary N) is 2. The monoisotopic (exact) mass is 272 g/mol. The first-order valence-corrected chi connectivity index (χ1v) is 6.41. The van der Waals surface area contributed by atoms with E-state index in [0.29, 0.717) is 12.1 Å². The number of carboxylic acids is 1. The lowest BCUT2D eigenvalue weighted by Gasteiger charge is -2.19. The first-order valence-electron chi connectivity index (χ1n) is 5.60. The molecule has 1 heterocycles. The van der Waals surface area contributed by atoms with Gasteiger partial charge < -0.3 is 15.4 Å². The molecule has 1 aromatic rings. The molecule has 0 fully saturated rings. The number of rotatable bonds is 5. The highest BCUT2D eigenvalue weighted by Crippen LogP contribution is 2.12. The smallest absolute Gasteiger partial charge is 0.326 e. The summed E-state index contributed by atoms with van der Waals surface area (Å²) in [5, 5.41) is 11.5. The van der Waals surface area contributed by atoms with E-state index in [4.69, 9.17) is 5.11 Å². The van der Waals surface area contributed by atoms with Gasteiger partial charge in [-0.3, -0.25) is 9.59 Å². The molecule has 6 nitrogen and oxygen atoms in total. The van der Waals surface area contributed by atoms with E-state index in [2.05, 4.69) is 10.3 Å². The second kappa shape index (κ2) is 5.81. The zero-order valence-corrected chi connectivity index (χ0v) is 11.3. The van der Waals surface area contributed by atoms with E-state index in [0.717, 1.165) is 11.3 Å². The van der Waals surface area contributed by atoms with E-state index in [-0.39, 0.29) is 15.7 Å². The number of carbonyl (C=O) groups is 2. The predicted molar refractivity (Wildman–Crippen MR) is 68.0 cm³/mol. The average molecular weight is 272 g/mol. The molecule has 1 rings (SSSR count). The molecular weight excluding hydrogens is 256 g/mol. The maximum atomic E-state index is 11.9. The number of aliphatic carboxylic acids is 1. The van der Waals surface area contributed by atoms with Gasteiger partial charge in [0, 0.05) is 5.69 Å². The second-order valence-electron chi connectivity index (χ2n) is 4.14. The third-order valence-electron chi connectivity index (χ3n) is 2.80. The van der Waals surface area contributed by atoms with Gasteiger partial charge in [0.25, 0.3) is 5.91 Å². The topological polar surface area (TPSA) is 99.3 Å². The van der Waals surface area contributed by atoms with Crippen LogP contribution in [0, 0.1) is 12.8 Å². The Balaban J connectivity index is 2.88. The zero-order valence-electron chi connectivity index (χ0n) is 10.4. The SMILES string of the molecule is CCC(C)C(NC(=O)c1sc(=O)[nH]c1C)C(=O)O. The number of aryl methyl sites for hydroxylation is 1. The number of amides is 1. The minimum atomic E-state index is -1.07. The first kappa shape index (κ1) is 14.4. The molecule has 0 saturated carbocycles. The number of hydrogen-bond acceptors (Lipinski definition) is 4. The van der Waals surface area contributed by atoms with Crippen LogP contribution in [0.1, 0.15) is 35.6 Å². The molecule has 1 aromatic heterocycles. The van der Waals surface area contributed by atoms with Crippen LogP contribution in [-0.4, -0.2) is 28.0 Å². The number of hydrogen-bond donors (Lipinski definition) is 3. The van der Waals surface area contributed by atoms with Crippen LogP contribution in [0.4, 0.5) is 0 Å². The van der Waals surface area contributed by atoms with Gasteiger partial charge in [0.05, 0.1) is 0 Å². The number of thiazole rings is 1. The number of carbonyl (C=O) groups excluding carboxylic acids is 1. The summed E-state index contributed by atoms with van der Waals surface area (Å²) in [5.41, 5.74) is 0.454. The van der Waals surface area contributed by atoms with Gasteiger partial charge in [-0.2, -0.15) is 0 Å². The summed E-state index contributed by atoms with van der Waals surface area (Å²) >= 11 is 0.779. The summed E-state index contributed by atoms with van der Waals surface area (Å²) in [6.45, 7) is 5.21. The van der Waals surface area contributed by atoms with Gasteiger partial charge in [-0.25, -0.2) is 4.79 Å². The molecule has 0 aromatic carbocycles. The molecule has 0 aliphatic carbocycles. The molecule has 0 saturated heterocycles. The third-order valence-corrected chi connectivity index (χ3v) is 3.78. The normalized spacial score (nSPS) is 13.9. The van der Waals surface area contributed by atoms with Crippen molar-refractivity contribution in [2.45, 2.75) is 33.2 Å². The van der Waals surface area contributed by atoms with Gasteiger partial charge in [-0.05, 0) is 12.8 Å². The van der Waals surface area contributed by atoms with E-state index in [1.165, 1.54) is 0 Å².